The van der Waals surface area contributed by atoms with Gasteiger partial charge in [-0.1, -0.05) is 0 Å². The maximum atomic E-state index is 10.3. The third-order valence-electron chi connectivity index (χ3n) is 2.76. The van der Waals surface area contributed by atoms with Gasteiger partial charge in [0.25, 0.3) is 0 Å². The summed E-state index contributed by atoms with van der Waals surface area (Å²) in [7, 11) is 0. The zero-order valence-electron chi connectivity index (χ0n) is 8.61. The molecule has 86 valence electrons. The van der Waals surface area contributed by atoms with Crippen molar-refractivity contribution in [1.82, 2.24) is 15.5 Å². The summed E-state index contributed by atoms with van der Waals surface area (Å²) in [5, 5.41) is 14.1. The molecule has 2 atom stereocenters. The summed E-state index contributed by atoms with van der Waals surface area (Å²) < 4.78 is 5.74. The molecule has 0 aromatic heterocycles. The maximum Gasteiger partial charge on any atom is 0.404 e. The summed E-state index contributed by atoms with van der Waals surface area (Å²) in [6.07, 6.45) is -0.422. The van der Waals surface area contributed by atoms with Crippen molar-refractivity contribution >= 4 is 6.09 Å². The van der Waals surface area contributed by atoms with E-state index in [0.717, 1.165) is 32.7 Å². The number of rotatable bonds is 3. The van der Waals surface area contributed by atoms with E-state index in [2.05, 4.69) is 15.5 Å². The van der Waals surface area contributed by atoms with E-state index in [1.165, 1.54) is 0 Å². The Morgan fingerprint density at radius 2 is 2.13 bits per heavy atom. The molecule has 2 fully saturated rings. The van der Waals surface area contributed by atoms with Gasteiger partial charge in [-0.2, -0.15) is 0 Å². The molecule has 0 aliphatic carbocycles. The minimum absolute atomic E-state index is 0.266. The van der Waals surface area contributed by atoms with E-state index in [-0.39, 0.29) is 12.2 Å². The number of hydrogen-bond donors (Lipinski definition) is 3. The lowest BCUT2D eigenvalue weighted by Crippen LogP contribution is -2.59. The number of morpholine rings is 2. The van der Waals surface area contributed by atoms with E-state index in [1.54, 1.807) is 0 Å². The molecule has 2 aliphatic rings. The van der Waals surface area contributed by atoms with Gasteiger partial charge in [0, 0.05) is 39.3 Å². The largest absolute Gasteiger partial charge is 0.465 e. The van der Waals surface area contributed by atoms with Crippen molar-refractivity contribution in [2.75, 3.05) is 39.3 Å². The Bertz CT molecular complexity index is 225. The van der Waals surface area contributed by atoms with E-state index in [4.69, 9.17) is 9.84 Å². The van der Waals surface area contributed by atoms with Gasteiger partial charge in [-0.15, -0.1) is 0 Å². The predicted octanol–water partition coefficient (Wildman–Crippen LogP) is -1.07. The highest BCUT2D eigenvalue weighted by atomic mass is 16.5. The van der Waals surface area contributed by atoms with Crippen LogP contribution in [-0.2, 0) is 4.74 Å². The number of nitrogens with one attached hydrogen (secondary N) is 2. The first-order chi connectivity index (χ1) is 7.24. The molecule has 0 saturated carbocycles. The van der Waals surface area contributed by atoms with Crippen molar-refractivity contribution in [3.63, 3.8) is 0 Å². The highest BCUT2D eigenvalue weighted by Crippen LogP contribution is 2.13. The molecule has 1 amide bonds. The molecule has 3 N–H and O–H groups in total. The Hall–Kier alpha value is -0.850. The van der Waals surface area contributed by atoms with Crippen molar-refractivity contribution < 1.29 is 14.6 Å². The summed E-state index contributed by atoms with van der Waals surface area (Å²) in [5.74, 6) is 0. The fourth-order valence-electron chi connectivity index (χ4n) is 2.14. The molecule has 2 rings (SSSR count). The monoisotopic (exact) mass is 215 g/mol. The van der Waals surface area contributed by atoms with Crippen molar-refractivity contribution in [1.29, 1.82) is 0 Å². The third-order valence-corrected chi connectivity index (χ3v) is 2.76. The molecule has 2 bridgehead atoms. The fourth-order valence-corrected chi connectivity index (χ4v) is 2.14. The number of fused-ring (bicyclic) bond motifs is 2. The van der Waals surface area contributed by atoms with Crippen LogP contribution in [0.15, 0.2) is 0 Å². The van der Waals surface area contributed by atoms with Gasteiger partial charge >= 0.3 is 6.09 Å². The van der Waals surface area contributed by atoms with E-state index in [1.807, 2.05) is 0 Å². The highest BCUT2D eigenvalue weighted by molar-refractivity contribution is 5.64. The van der Waals surface area contributed by atoms with Gasteiger partial charge in [-0.05, 0) is 0 Å². The maximum absolute atomic E-state index is 10.3. The Labute approximate surface area is 88.6 Å². The lowest BCUT2D eigenvalue weighted by molar-refractivity contribution is -0.102. The van der Waals surface area contributed by atoms with E-state index in [0.29, 0.717) is 6.54 Å². The molecule has 0 aromatic carbocycles. The molecule has 15 heavy (non-hydrogen) atoms. The molecule has 2 saturated heterocycles. The standard InChI is InChI=1S/C9H17N3O3/c13-9(14)11-1-2-12-5-7-3-10-4-8(6-12)15-7/h7-8,10-11H,1-6H2,(H,13,14). The van der Waals surface area contributed by atoms with E-state index >= 15 is 0 Å². The average molecular weight is 215 g/mol. The topological polar surface area (TPSA) is 73.8 Å². The second-order valence-electron chi connectivity index (χ2n) is 4.03. The molecule has 2 heterocycles. The minimum atomic E-state index is -0.954. The van der Waals surface area contributed by atoms with Gasteiger partial charge < -0.3 is 20.5 Å². The summed E-state index contributed by atoms with van der Waals surface area (Å²) in [4.78, 5) is 12.5. The summed E-state index contributed by atoms with van der Waals surface area (Å²) in [6.45, 7) is 4.85. The second-order valence-corrected chi connectivity index (χ2v) is 4.03. The average Bonchev–Trinajstić information content (AvgIpc) is 2.16. The molecule has 2 aliphatic heterocycles. The van der Waals surface area contributed by atoms with Gasteiger partial charge in [0.15, 0.2) is 0 Å². The van der Waals surface area contributed by atoms with Crippen LogP contribution < -0.4 is 10.6 Å². The summed E-state index contributed by atoms with van der Waals surface area (Å²) in [6, 6.07) is 0. The first kappa shape index (κ1) is 10.7. The number of carboxylic acid groups (broad SMARTS) is 1. The van der Waals surface area contributed by atoms with Crippen molar-refractivity contribution in [3.8, 4) is 0 Å². The van der Waals surface area contributed by atoms with Crippen molar-refractivity contribution in [3.05, 3.63) is 0 Å². The van der Waals surface area contributed by atoms with Crippen LogP contribution in [0.2, 0.25) is 0 Å². The Kier molecular flexibility index (Phi) is 3.40. The molecule has 2 unspecified atom stereocenters. The van der Waals surface area contributed by atoms with Crippen LogP contribution in [0.5, 0.6) is 0 Å². The SMILES string of the molecule is O=C(O)NCCN1CC2CNCC(C1)O2. The summed E-state index contributed by atoms with van der Waals surface area (Å²) >= 11 is 0. The molecule has 0 spiro atoms. The first-order valence-corrected chi connectivity index (χ1v) is 5.29. The molecule has 6 heteroatoms. The van der Waals surface area contributed by atoms with Crippen LogP contribution in [0.3, 0.4) is 0 Å². The Morgan fingerprint density at radius 1 is 1.47 bits per heavy atom. The third kappa shape index (κ3) is 3.05. The van der Waals surface area contributed by atoms with Gasteiger partial charge in [-0.25, -0.2) is 4.79 Å². The van der Waals surface area contributed by atoms with Gasteiger partial charge in [0.2, 0.25) is 0 Å². The van der Waals surface area contributed by atoms with Crippen LogP contribution in [0.1, 0.15) is 0 Å². The zero-order valence-corrected chi connectivity index (χ0v) is 8.61. The Morgan fingerprint density at radius 3 is 2.73 bits per heavy atom. The predicted molar refractivity (Wildman–Crippen MR) is 54.0 cm³/mol. The van der Waals surface area contributed by atoms with Crippen LogP contribution in [0, 0.1) is 0 Å². The lowest BCUT2D eigenvalue weighted by atomic mass is 10.1. The van der Waals surface area contributed by atoms with Gasteiger partial charge in [0.05, 0.1) is 12.2 Å². The van der Waals surface area contributed by atoms with Crippen LogP contribution in [0.25, 0.3) is 0 Å². The molecular formula is C9H17N3O3. The van der Waals surface area contributed by atoms with Crippen molar-refractivity contribution in [2.24, 2.45) is 0 Å². The minimum Gasteiger partial charge on any atom is -0.465 e. The van der Waals surface area contributed by atoms with Gasteiger partial charge in [0.1, 0.15) is 0 Å². The smallest absolute Gasteiger partial charge is 0.404 e. The molecule has 0 aromatic rings. The van der Waals surface area contributed by atoms with Crippen LogP contribution >= 0.6 is 0 Å². The van der Waals surface area contributed by atoms with Crippen LogP contribution in [0.4, 0.5) is 4.79 Å². The number of nitrogens with zero attached hydrogens (tertiary/aromatic N) is 1. The first-order valence-electron chi connectivity index (χ1n) is 5.29. The number of hydrogen-bond acceptors (Lipinski definition) is 4. The number of amides is 1. The quantitative estimate of drug-likeness (QED) is 0.559. The van der Waals surface area contributed by atoms with Crippen LogP contribution in [-0.4, -0.2) is 67.6 Å². The highest BCUT2D eigenvalue weighted by Gasteiger charge is 2.30. The molecule has 0 radical (unpaired) electrons. The number of carbonyl (C=O) groups is 1. The molecular weight excluding hydrogens is 198 g/mol. The molecule has 6 nitrogen and oxygen atoms in total. The second kappa shape index (κ2) is 4.78. The van der Waals surface area contributed by atoms with E-state index < -0.39 is 6.09 Å². The van der Waals surface area contributed by atoms with Gasteiger partial charge in [-0.3, -0.25) is 4.90 Å². The summed E-state index contributed by atoms with van der Waals surface area (Å²) in [5.41, 5.74) is 0. The fraction of sp³-hybridized carbons (Fsp3) is 0.889. The zero-order chi connectivity index (χ0) is 10.7. The number of ether oxygens (including phenoxy) is 1. The Balaban J connectivity index is 1.72. The van der Waals surface area contributed by atoms with Crippen molar-refractivity contribution in [2.45, 2.75) is 12.2 Å². The van der Waals surface area contributed by atoms with E-state index in [9.17, 15) is 4.79 Å². The lowest BCUT2D eigenvalue weighted by Gasteiger charge is -2.41. The normalized spacial score (nSPS) is 31.2.